The lowest BCUT2D eigenvalue weighted by molar-refractivity contribution is 0.402. The molecule has 0 aliphatic heterocycles. The summed E-state index contributed by atoms with van der Waals surface area (Å²) >= 11 is 5.94. The van der Waals surface area contributed by atoms with E-state index in [9.17, 15) is 8.42 Å². The van der Waals surface area contributed by atoms with Crippen molar-refractivity contribution in [3.05, 3.63) is 58.2 Å². The van der Waals surface area contributed by atoms with Gasteiger partial charge in [-0.25, -0.2) is 13.1 Å². The molecular formula is C19H21ClN2O3S. The van der Waals surface area contributed by atoms with Gasteiger partial charge in [-0.15, -0.1) is 0 Å². The van der Waals surface area contributed by atoms with E-state index in [0.29, 0.717) is 11.4 Å². The summed E-state index contributed by atoms with van der Waals surface area (Å²) in [5, 5.41) is 1.47. The molecule has 0 amide bonds. The van der Waals surface area contributed by atoms with Gasteiger partial charge in [0.15, 0.2) is 0 Å². The summed E-state index contributed by atoms with van der Waals surface area (Å²) in [7, 11) is -2.29. The fourth-order valence-corrected chi connectivity index (χ4v) is 4.53. The minimum Gasteiger partial charge on any atom is -0.495 e. The van der Waals surface area contributed by atoms with E-state index in [-0.39, 0.29) is 17.2 Å². The molecule has 0 spiro atoms. The van der Waals surface area contributed by atoms with Crippen LogP contribution < -0.4 is 9.46 Å². The summed E-state index contributed by atoms with van der Waals surface area (Å²) in [6.07, 6.45) is 0.581. The van der Waals surface area contributed by atoms with Gasteiger partial charge in [0.05, 0.1) is 7.11 Å². The summed E-state index contributed by atoms with van der Waals surface area (Å²) < 4.78 is 33.1. The van der Waals surface area contributed by atoms with E-state index in [1.807, 2.05) is 19.9 Å². The van der Waals surface area contributed by atoms with Crippen LogP contribution >= 0.6 is 11.6 Å². The van der Waals surface area contributed by atoms with E-state index < -0.39 is 10.0 Å². The van der Waals surface area contributed by atoms with Crippen LogP contribution in [0.2, 0.25) is 5.02 Å². The Morgan fingerprint density at radius 1 is 1.15 bits per heavy atom. The Morgan fingerprint density at radius 2 is 1.92 bits per heavy atom. The van der Waals surface area contributed by atoms with Crippen LogP contribution in [0.1, 0.15) is 16.8 Å². The fourth-order valence-electron chi connectivity index (χ4n) is 3.07. The van der Waals surface area contributed by atoms with Crippen LogP contribution in [0.3, 0.4) is 0 Å². The summed E-state index contributed by atoms with van der Waals surface area (Å²) in [5.74, 6) is 0.265. The van der Waals surface area contributed by atoms with Crippen molar-refractivity contribution in [1.82, 2.24) is 9.71 Å². The van der Waals surface area contributed by atoms with Gasteiger partial charge in [0.2, 0.25) is 10.0 Å². The van der Waals surface area contributed by atoms with E-state index in [1.165, 1.54) is 18.7 Å². The van der Waals surface area contributed by atoms with Gasteiger partial charge >= 0.3 is 0 Å². The Morgan fingerprint density at radius 3 is 2.65 bits per heavy atom. The van der Waals surface area contributed by atoms with Gasteiger partial charge in [-0.3, -0.25) is 0 Å². The van der Waals surface area contributed by atoms with Crippen molar-refractivity contribution in [3.63, 3.8) is 0 Å². The molecule has 0 aliphatic rings. The monoisotopic (exact) mass is 392 g/mol. The molecule has 0 fully saturated rings. The Bertz CT molecular complexity index is 1060. The zero-order valence-corrected chi connectivity index (χ0v) is 16.5. The van der Waals surface area contributed by atoms with Gasteiger partial charge in [-0.2, -0.15) is 0 Å². The third kappa shape index (κ3) is 3.72. The van der Waals surface area contributed by atoms with Crippen LogP contribution in [0.4, 0.5) is 0 Å². The molecular weight excluding hydrogens is 372 g/mol. The predicted molar refractivity (Wildman–Crippen MR) is 105 cm³/mol. The molecule has 3 aromatic rings. The molecule has 5 nitrogen and oxygen atoms in total. The zero-order chi connectivity index (χ0) is 18.9. The molecule has 0 radical (unpaired) electrons. The number of aromatic nitrogens is 1. The van der Waals surface area contributed by atoms with Crippen LogP contribution in [-0.4, -0.2) is 27.1 Å². The molecule has 0 aliphatic carbocycles. The second kappa shape index (κ2) is 7.31. The number of hydrogen-bond donors (Lipinski definition) is 2. The van der Waals surface area contributed by atoms with Crippen molar-refractivity contribution in [2.45, 2.75) is 25.2 Å². The van der Waals surface area contributed by atoms with Gasteiger partial charge in [0.1, 0.15) is 10.6 Å². The largest absolute Gasteiger partial charge is 0.495 e. The molecule has 138 valence electrons. The second-order valence-electron chi connectivity index (χ2n) is 6.22. The number of benzene rings is 2. The predicted octanol–water partition coefficient (Wildman–Crippen LogP) is 3.97. The second-order valence-corrected chi connectivity index (χ2v) is 8.39. The maximum absolute atomic E-state index is 12.6. The maximum atomic E-state index is 12.6. The van der Waals surface area contributed by atoms with E-state index in [0.717, 1.165) is 22.2 Å². The van der Waals surface area contributed by atoms with Crippen LogP contribution in [0, 0.1) is 13.8 Å². The molecule has 1 aromatic heterocycles. The highest BCUT2D eigenvalue weighted by Crippen LogP contribution is 2.27. The number of aromatic amines is 1. The molecule has 0 atom stereocenters. The van der Waals surface area contributed by atoms with Crippen molar-refractivity contribution in [2.24, 2.45) is 0 Å². The highest BCUT2D eigenvalue weighted by Gasteiger charge is 2.20. The number of halogens is 1. The van der Waals surface area contributed by atoms with E-state index >= 15 is 0 Å². The Labute approximate surface area is 158 Å². The van der Waals surface area contributed by atoms with Gasteiger partial charge in [-0.1, -0.05) is 23.2 Å². The zero-order valence-electron chi connectivity index (χ0n) is 14.9. The number of sulfonamides is 1. The molecule has 3 rings (SSSR count). The number of fused-ring (bicyclic) bond motifs is 1. The van der Waals surface area contributed by atoms with Crippen molar-refractivity contribution >= 4 is 32.5 Å². The molecule has 0 unspecified atom stereocenters. The number of ether oxygens (including phenoxy) is 1. The highest BCUT2D eigenvalue weighted by atomic mass is 35.5. The SMILES string of the molecule is COc1ccc(Cl)cc1S(=O)(=O)NCCc1c(C)[nH]c2ccc(C)cc12. The molecule has 0 saturated carbocycles. The normalized spacial score (nSPS) is 11.8. The third-order valence-electron chi connectivity index (χ3n) is 4.36. The van der Waals surface area contributed by atoms with Crippen LogP contribution in [0.15, 0.2) is 41.3 Å². The third-order valence-corrected chi connectivity index (χ3v) is 6.07. The Hall–Kier alpha value is -2.02. The lowest BCUT2D eigenvalue weighted by atomic mass is 10.1. The summed E-state index contributed by atoms with van der Waals surface area (Å²) in [4.78, 5) is 3.39. The maximum Gasteiger partial charge on any atom is 0.244 e. The van der Waals surface area contributed by atoms with Crippen LogP contribution in [0.5, 0.6) is 5.75 Å². The summed E-state index contributed by atoms with van der Waals surface area (Å²) in [6, 6.07) is 10.7. The molecule has 26 heavy (non-hydrogen) atoms. The van der Waals surface area contributed by atoms with Crippen LogP contribution in [0.25, 0.3) is 10.9 Å². The molecule has 1 heterocycles. The van der Waals surface area contributed by atoms with Gasteiger partial charge in [0, 0.05) is 28.2 Å². The first-order valence-corrected chi connectivity index (χ1v) is 10.1. The topological polar surface area (TPSA) is 71.2 Å². The molecule has 0 bridgehead atoms. The van der Waals surface area contributed by atoms with Crippen LogP contribution in [-0.2, 0) is 16.4 Å². The average Bonchev–Trinajstić information content (AvgIpc) is 2.90. The summed E-state index contributed by atoms with van der Waals surface area (Å²) in [5.41, 5.74) is 4.39. The minimum atomic E-state index is -3.72. The molecule has 0 saturated heterocycles. The van der Waals surface area contributed by atoms with Crippen molar-refractivity contribution in [1.29, 1.82) is 0 Å². The quantitative estimate of drug-likeness (QED) is 0.666. The number of aryl methyl sites for hydroxylation is 2. The number of methoxy groups -OCH3 is 1. The Balaban J connectivity index is 1.81. The van der Waals surface area contributed by atoms with Crippen molar-refractivity contribution in [3.8, 4) is 5.75 Å². The first-order valence-electron chi connectivity index (χ1n) is 8.23. The highest BCUT2D eigenvalue weighted by molar-refractivity contribution is 7.89. The lowest BCUT2D eigenvalue weighted by Gasteiger charge is -2.11. The smallest absolute Gasteiger partial charge is 0.244 e. The van der Waals surface area contributed by atoms with Gasteiger partial charge in [-0.05, 0) is 56.2 Å². The number of nitrogens with one attached hydrogen (secondary N) is 2. The number of rotatable bonds is 6. The fraction of sp³-hybridized carbons (Fsp3) is 0.263. The van der Waals surface area contributed by atoms with Gasteiger partial charge < -0.3 is 9.72 Å². The summed E-state index contributed by atoms with van der Waals surface area (Å²) in [6.45, 7) is 4.32. The van der Waals surface area contributed by atoms with E-state index in [4.69, 9.17) is 16.3 Å². The van der Waals surface area contributed by atoms with Crippen molar-refractivity contribution in [2.75, 3.05) is 13.7 Å². The minimum absolute atomic E-state index is 0.0407. The van der Waals surface area contributed by atoms with E-state index in [1.54, 1.807) is 12.1 Å². The van der Waals surface area contributed by atoms with Crippen molar-refractivity contribution < 1.29 is 13.2 Å². The number of H-pyrrole nitrogens is 1. The standard InChI is InChI=1S/C19H21ClN2O3S/c1-12-4-6-17-16(10-12)15(13(2)22-17)8-9-21-26(23,24)19-11-14(20)5-7-18(19)25-3/h4-7,10-11,21-22H,8-9H2,1-3H3. The average molecular weight is 393 g/mol. The first kappa shape index (κ1) is 18.8. The Kier molecular flexibility index (Phi) is 5.27. The van der Waals surface area contributed by atoms with E-state index in [2.05, 4.69) is 21.8 Å². The lowest BCUT2D eigenvalue weighted by Crippen LogP contribution is -2.26. The van der Waals surface area contributed by atoms with Gasteiger partial charge in [0.25, 0.3) is 0 Å². The molecule has 2 aromatic carbocycles. The molecule has 2 N–H and O–H groups in total. The number of hydrogen-bond acceptors (Lipinski definition) is 3. The first-order chi connectivity index (χ1) is 12.3. The molecule has 7 heteroatoms.